The van der Waals surface area contributed by atoms with Crippen molar-refractivity contribution >= 4 is 60.8 Å². The molecule has 0 fully saturated rings. The Morgan fingerprint density at radius 1 is 0.635 bits per heavy atom. The molecule has 0 radical (unpaired) electrons. The van der Waals surface area contributed by atoms with E-state index in [4.69, 9.17) is 0 Å². The molecule has 0 aromatic heterocycles. The first-order chi connectivity index (χ1) is 25.1. The van der Waals surface area contributed by atoms with Crippen LogP contribution in [0.25, 0.3) is 32.3 Å². The Balaban J connectivity index is 1.31. The predicted molar refractivity (Wildman–Crippen MR) is 205 cm³/mol. The van der Waals surface area contributed by atoms with Gasteiger partial charge in [0, 0.05) is 38.9 Å². The molecule has 1 heterocycles. The lowest BCUT2D eigenvalue weighted by atomic mass is 9.77. The van der Waals surface area contributed by atoms with Gasteiger partial charge in [0.1, 0.15) is 0 Å². The Bertz CT molecular complexity index is 2680. The number of rotatable bonds is 5. The summed E-state index contributed by atoms with van der Waals surface area (Å²) in [6, 6.07) is 50.8. The first kappa shape index (κ1) is 31.6. The third-order valence-electron chi connectivity index (χ3n) is 10.7. The quantitative estimate of drug-likeness (QED) is 0.169. The largest absolute Gasteiger partial charge is 0.416 e. The molecule has 8 aromatic carbocycles. The summed E-state index contributed by atoms with van der Waals surface area (Å²) in [7, 11) is 0. The van der Waals surface area contributed by atoms with Gasteiger partial charge < -0.3 is 9.80 Å². The van der Waals surface area contributed by atoms with E-state index in [-0.39, 0.29) is 11.5 Å². The second kappa shape index (κ2) is 11.6. The topological polar surface area (TPSA) is 30.3 Å². The summed E-state index contributed by atoms with van der Waals surface area (Å²) in [4.78, 5) is 4.34. The van der Waals surface area contributed by atoms with Gasteiger partial charge in [-0.15, -0.1) is 0 Å². The zero-order valence-electron chi connectivity index (χ0n) is 28.5. The van der Waals surface area contributed by atoms with Crippen molar-refractivity contribution in [3.05, 3.63) is 174 Å². The second-order valence-corrected chi connectivity index (χ2v) is 14.1. The van der Waals surface area contributed by atoms with Gasteiger partial charge >= 0.3 is 6.18 Å². The normalized spacial score (nSPS) is 15.3. The molecule has 0 spiro atoms. The van der Waals surface area contributed by atoms with Crippen molar-refractivity contribution in [3.63, 3.8) is 0 Å². The highest BCUT2D eigenvalue weighted by atomic mass is 19.4. The van der Waals surface area contributed by atoms with Crippen LogP contribution in [0, 0.1) is 11.3 Å². The molecule has 1 aliphatic heterocycles. The number of hydrogen-bond donors (Lipinski definition) is 0. The predicted octanol–water partition coefficient (Wildman–Crippen LogP) is 13.1. The molecule has 0 saturated carbocycles. The van der Waals surface area contributed by atoms with Gasteiger partial charge in [0.2, 0.25) is 0 Å². The highest BCUT2D eigenvalue weighted by molar-refractivity contribution is 6.28. The average molecular weight is 684 g/mol. The van der Waals surface area contributed by atoms with Crippen molar-refractivity contribution in [2.75, 3.05) is 9.80 Å². The van der Waals surface area contributed by atoms with Gasteiger partial charge in [-0.05, 0) is 93.3 Å². The van der Waals surface area contributed by atoms with E-state index in [9.17, 15) is 18.4 Å². The SMILES string of the molecule is CC1(C)c2cc(C#N)ccc2N(c2ccc3ccc4c(N(c5ccccc5)c5cccc(C(F)(F)F)c5)ccc5ccc2c3c54)C1c1ccccc1. The van der Waals surface area contributed by atoms with Gasteiger partial charge in [-0.1, -0.05) is 105 Å². The molecule has 0 bridgehead atoms. The van der Waals surface area contributed by atoms with Crippen molar-refractivity contribution in [2.24, 2.45) is 0 Å². The van der Waals surface area contributed by atoms with Gasteiger partial charge in [-0.3, -0.25) is 0 Å². The Kier molecular flexibility index (Phi) is 7.07. The van der Waals surface area contributed by atoms with Crippen LogP contribution in [0.4, 0.5) is 41.6 Å². The molecule has 0 saturated heterocycles. The second-order valence-electron chi connectivity index (χ2n) is 14.1. The average Bonchev–Trinajstić information content (AvgIpc) is 3.40. The summed E-state index contributed by atoms with van der Waals surface area (Å²) in [6.07, 6.45) is -4.48. The minimum Gasteiger partial charge on any atom is -0.332 e. The fourth-order valence-corrected chi connectivity index (χ4v) is 8.41. The van der Waals surface area contributed by atoms with Crippen LogP contribution in [0.15, 0.2) is 152 Å². The lowest BCUT2D eigenvalue weighted by Crippen LogP contribution is -2.31. The van der Waals surface area contributed by atoms with E-state index in [1.165, 1.54) is 17.7 Å². The van der Waals surface area contributed by atoms with Crippen molar-refractivity contribution in [1.82, 2.24) is 0 Å². The molecule has 1 atom stereocenters. The van der Waals surface area contributed by atoms with Gasteiger partial charge in [-0.2, -0.15) is 18.4 Å². The van der Waals surface area contributed by atoms with Gasteiger partial charge in [-0.25, -0.2) is 0 Å². The highest BCUT2D eigenvalue weighted by Crippen LogP contribution is 2.57. The van der Waals surface area contributed by atoms with Crippen LogP contribution in [-0.4, -0.2) is 0 Å². The fraction of sp³-hybridized carbons (Fsp3) is 0.109. The van der Waals surface area contributed by atoms with E-state index < -0.39 is 11.7 Å². The number of nitrogens with zero attached hydrogens (tertiary/aromatic N) is 3. The highest BCUT2D eigenvalue weighted by Gasteiger charge is 2.46. The molecular weight excluding hydrogens is 652 g/mol. The smallest absolute Gasteiger partial charge is 0.332 e. The summed E-state index contributed by atoms with van der Waals surface area (Å²) in [5.41, 5.74) is 5.99. The maximum atomic E-state index is 14.0. The van der Waals surface area contributed by atoms with Crippen molar-refractivity contribution < 1.29 is 13.2 Å². The van der Waals surface area contributed by atoms with E-state index in [0.29, 0.717) is 11.3 Å². The lowest BCUT2D eigenvalue weighted by molar-refractivity contribution is -0.137. The number of para-hydroxylation sites is 1. The van der Waals surface area contributed by atoms with E-state index in [0.717, 1.165) is 66.7 Å². The lowest BCUT2D eigenvalue weighted by Gasteiger charge is -2.36. The molecule has 1 aliphatic rings. The molecular formula is C46H32F3N3. The number of anilines is 5. The van der Waals surface area contributed by atoms with Crippen LogP contribution in [0.2, 0.25) is 0 Å². The first-order valence-electron chi connectivity index (χ1n) is 17.3. The monoisotopic (exact) mass is 683 g/mol. The number of nitriles is 1. The summed E-state index contributed by atoms with van der Waals surface area (Å²) in [6.45, 7) is 4.50. The molecule has 1 unspecified atom stereocenters. The molecule has 252 valence electrons. The maximum absolute atomic E-state index is 14.0. The van der Waals surface area contributed by atoms with E-state index in [1.807, 2.05) is 59.5 Å². The van der Waals surface area contributed by atoms with Crippen LogP contribution in [0.5, 0.6) is 0 Å². The van der Waals surface area contributed by atoms with Crippen molar-refractivity contribution in [2.45, 2.75) is 31.5 Å². The Labute approximate surface area is 299 Å². The summed E-state index contributed by atoms with van der Waals surface area (Å²) in [5.74, 6) is 0. The van der Waals surface area contributed by atoms with Crippen LogP contribution >= 0.6 is 0 Å². The minimum atomic E-state index is -4.48. The maximum Gasteiger partial charge on any atom is 0.416 e. The van der Waals surface area contributed by atoms with E-state index in [2.05, 4.69) is 97.6 Å². The Morgan fingerprint density at radius 2 is 1.25 bits per heavy atom. The Morgan fingerprint density at radius 3 is 1.96 bits per heavy atom. The van der Waals surface area contributed by atoms with Crippen LogP contribution < -0.4 is 9.80 Å². The van der Waals surface area contributed by atoms with Gasteiger partial charge in [0.15, 0.2) is 0 Å². The minimum absolute atomic E-state index is 0.0545. The molecule has 0 aliphatic carbocycles. The first-order valence-corrected chi connectivity index (χ1v) is 17.3. The van der Waals surface area contributed by atoms with Crippen LogP contribution in [-0.2, 0) is 11.6 Å². The van der Waals surface area contributed by atoms with Gasteiger partial charge in [0.25, 0.3) is 0 Å². The zero-order chi connectivity index (χ0) is 35.8. The van der Waals surface area contributed by atoms with Crippen LogP contribution in [0.3, 0.4) is 0 Å². The molecule has 3 nitrogen and oxygen atoms in total. The fourth-order valence-electron chi connectivity index (χ4n) is 8.41. The number of alkyl halides is 3. The molecule has 0 amide bonds. The Hall–Kier alpha value is -6.32. The summed E-state index contributed by atoms with van der Waals surface area (Å²) in [5, 5.41) is 16.1. The molecule has 8 aromatic rings. The van der Waals surface area contributed by atoms with Crippen LogP contribution in [0.1, 0.15) is 42.1 Å². The molecule has 6 heteroatoms. The summed E-state index contributed by atoms with van der Waals surface area (Å²) >= 11 is 0. The van der Waals surface area contributed by atoms with Crippen molar-refractivity contribution in [3.8, 4) is 6.07 Å². The number of fused-ring (bicyclic) bond motifs is 1. The number of halogens is 3. The van der Waals surface area contributed by atoms with Gasteiger partial charge in [0.05, 0.1) is 28.9 Å². The van der Waals surface area contributed by atoms with E-state index >= 15 is 0 Å². The number of benzene rings is 8. The molecule has 52 heavy (non-hydrogen) atoms. The standard InChI is InChI=1S/C46H32F3N3/c1-45(2)38-26-29(28-50)16-23-41(38)52(44(45)32-10-5-3-6-11-32)40-25-20-31-17-21-36-39(24-19-30-18-22-37(40)43(31)42(30)36)51(34-13-7-4-8-14-34)35-15-9-12-33(27-35)46(47,48)49/h3-27,44H,1-2H3. The third-order valence-corrected chi connectivity index (χ3v) is 10.7. The third kappa shape index (κ3) is 4.81. The molecule has 9 rings (SSSR count). The van der Waals surface area contributed by atoms with Crippen molar-refractivity contribution in [1.29, 1.82) is 5.26 Å². The number of hydrogen-bond acceptors (Lipinski definition) is 3. The zero-order valence-corrected chi connectivity index (χ0v) is 28.5. The van der Waals surface area contributed by atoms with E-state index in [1.54, 1.807) is 6.07 Å². The summed E-state index contributed by atoms with van der Waals surface area (Å²) < 4.78 is 42.0. The molecule has 0 N–H and O–H groups in total.